The Kier molecular flexibility index (Phi) is 5.26. The molecule has 0 fully saturated rings. The zero-order chi connectivity index (χ0) is 18.5. The van der Waals surface area contributed by atoms with E-state index in [2.05, 4.69) is 20.5 Å². The van der Waals surface area contributed by atoms with E-state index in [4.69, 9.17) is 14.2 Å². The fourth-order valence-corrected chi connectivity index (χ4v) is 2.67. The van der Waals surface area contributed by atoms with Gasteiger partial charge in [-0.2, -0.15) is 5.10 Å². The summed E-state index contributed by atoms with van der Waals surface area (Å²) in [5, 5.41) is 10.5. The van der Waals surface area contributed by atoms with Gasteiger partial charge in [-0.15, -0.1) is 0 Å². The lowest BCUT2D eigenvalue weighted by Gasteiger charge is -2.15. The van der Waals surface area contributed by atoms with Gasteiger partial charge in [0.25, 0.3) is 0 Å². The van der Waals surface area contributed by atoms with Crippen molar-refractivity contribution in [3.05, 3.63) is 47.8 Å². The first-order valence-corrected chi connectivity index (χ1v) is 8.16. The van der Waals surface area contributed by atoms with Gasteiger partial charge in [-0.1, -0.05) is 12.1 Å². The fraction of sp³-hybridized carbons (Fsp3) is 0.263. The number of aromatic amines is 1. The third kappa shape index (κ3) is 3.72. The van der Waals surface area contributed by atoms with E-state index in [9.17, 15) is 0 Å². The molecule has 2 N–H and O–H groups in total. The average Bonchev–Trinajstić information content (AvgIpc) is 3.12. The van der Waals surface area contributed by atoms with Crippen molar-refractivity contribution in [1.82, 2.24) is 15.2 Å². The summed E-state index contributed by atoms with van der Waals surface area (Å²) in [5.74, 6) is 3.49. The Morgan fingerprint density at radius 1 is 0.962 bits per heavy atom. The largest absolute Gasteiger partial charge is 0.496 e. The van der Waals surface area contributed by atoms with Crippen molar-refractivity contribution in [2.75, 3.05) is 26.6 Å². The number of nitrogens with zero attached hydrogens (tertiary/aromatic N) is 2. The number of rotatable bonds is 7. The summed E-state index contributed by atoms with van der Waals surface area (Å²) in [4.78, 5) is 4.36. The highest BCUT2D eigenvalue weighted by molar-refractivity contribution is 5.62. The van der Waals surface area contributed by atoms with E-state index < -0.39 is 0 Å². The van der Waals surface area contributed by atoms with Crippen molar-refractivity contribution in [3.8, 4) is 28.6 Å². The summed E-state index contributed by atoms with van der Waals surface area (Å²) in [7, 11) is 4.85. The second kappa shape index (κ2) is 7.77. The molecule has 0 spiro atoms. The average molecular weight is 354 g/mol. The van der Waals surface area contributed by atoms with Gasteiger partial charge in [-0.05, 0) is 25.1 Å². The van der Waals surface area contributed by atoms with Crippen molar-refractivity contribution >= 4 is 5.69 Å². The summed E-state index contributed by atoms with van der Waals surface area (Å²) in [5.41, 5.74) is 2.87. The van der Waals surface area contributed by atoms with E-state index >= 15 is 0 Å². The molecule has 0 saturated heterocycles. The van der Waals surface area contributed by atoms with Gasteiger partial charge in [0, 0.05) is 29.4 Å². The van der Waals surface area contributed by atoms with Crippen LogP contribution in [-0.2, 0) is 6.54 Å². The maximum Gasteiger partial charge on any atom is 0.181 e. The molecule has 26 heavy (non-hydrogen) atoms. The van der Waals surface area contributed by atoms with Crippen LogP contribution in [0, 0.1) is 6.92 Å². The molecule has 0 bridgehead atoms. The van der Waals surface area contributed by atoms with Gasteiger partial charge < -0.3 is 19.5 Å². The second-order valence-electron chi connectivity index (χ2n) is 5.70. The van der Waals surface area contributed by atoms with Gasteiger partial charge in [-0.3, -0.25) is 5.10 Å². The standard InChI is InChI=1S/C19H22N4O3/c1-12-21-19(23-22-12)13-6-5-7-15(8-13)20-11-14-9-17(25-3)18(26-4)10-16(14)24-2/h5-10,20H,11H2,1-4H3,(H,21,22,23). The van der Waals surface area contributed by atoms with E-state index in [1.54, 1.807) is 21.3 Å². The predicted molar refractivity (Wildman–Crippen MR) is 100.0 cm³/mol. The molecule has 136 valence electrons. The summed E-state index contributed by atoms with van der Waals surface area (Å²) < 4.78 is 16.2. The van der Waals surface area contributed by atoms with Gasteiger partial charge >= 0.3 is 0 Å². The van der Waals surface area contributed by atoms with E-state index in [-0.39, 0.29) is 0 Å². The molecule has 3 rings (SSSR count). The Morgan fingerprint density at radius 3 is 2.35 bits per heavy atom. The van der Waals surface area contributed by atoms with E-state index in [0.717, 1.165) is 28.4 Å². The van der Waals surface area contributed by atoms with Crippen LogP contribution < -0.4 is 19.5 Å². The lowest BCUT2D eigenvalue weighted by molar-refractivity contribution is 0.347. The predicted octanol–water partition coefficient (Wildman–Crippen LogP) is 3.42. The molecule has 1 heterocycles. The molecule has 3 aromatic rings. The molecule has 2 aromatic carbocycles. The number of ether oxygens (including phenoxy) is 3. The minimum Gasteiger partial charge on any atom is -0.496 e. The summed E-state index contributed by atoms with van der Waals surface area (Å²) in [6.45, 7) is 2.45. The van der Waals surface area contributed by atoms with Crippen LogP contribution in [0.4, 0.5) is 5.69 Å². The number of hydrogen-bond acceptors (Lipinski definition) is 6. The molecular formula is C19H22N4O3. The Balaban J connectivity index is 1.81. The van der Waals surface area contributed by atoms with E-state index in [1.165, 1.54) is 0 Å². The molecule has 7 heteroatoms. The minimum atomic E-state index is 0.569. The van der Waals surface area contributed by atoms with Crippen LogP contribution >= 0.6 is 0 Å². The van der Waals surface area contributed by atoms with Crippen molar-refractivity contribution in [2.24, 2.45) is 0 Å². The lowest BCUT2D eigenvalue weighted by atomic mass is 10.1. The summed E-state index contributed by atoms with van der Waals surface area (Å²) >= 11 is 0. The molecule has 0 aliphatic rings. The number of aryl methyl sites for hydroxylation is 1. The number of aromatic nitrogens is 3. The molecule has 0 radical (unpaired) electrons. The minimum absolute atomic E-state index is 0.569. The number of anilines is 1. The first kappa shape index (κ1) is 17.6. The van der Waals surface area contributed by atoms with Crippen molar-refractivity contribution in [3.63, 3.8) is 0 Å². The maximum absolute atomic E-state index is 5.47. The summed E-state index contributed by atoms with van der Waals surface area (Å²) in [6, 6.07) is 11.7. The zero-order valence-electron chi connectivity index (χ0n) is 15.3. The number of H-pyrrole nitrogens is 1. The number of methoxy groups -OCH3 is 3. The first-order valence-electron chi connectivity index (χ1n) is 8.16. The number of nitrogens with one attached hydrogen (secondary N) is 2. The highest BCUT2D eigenvalue weighted by Crippen LogP contribution is 2.35. The highest BCUT2D eigenvalue weighted by Gasteiger charge is 2.12. The van der Waals surface area contributed by atoms with E-state index in [1.807, 2.05) is 43.3 Å². The smallest absolute Gasteiger partial charge is 0.181 e. The van der Waals surface area contributed by atoms with Crippen LogP contribution in [0.25, 0.3) is 11.4 Å². The van der Waals surface area contributed by atoms with Gasteiger partial charge in [0.15, 0.2) is 17.3 Å². The number of hydrogen-bond donors (Lipinski definition) is 2. The third-order valence-corrected chi connectivity index (χ3v) is 3.99. The molecule has 7 nitrogen and oxygen atoms in total. The molecule has 0 aliphatic carbocycles. The van der Waals surface area contributed by atoms with Crippen molar-refractivity contribution < 1.29 is 14.2 Å². The molecule has 1 aromatic heterocycles. The van der Waals surface area contributed by atoms with Gasteiger partial charge in [0.2, 0.25) is 0 Å². The molecule has 0 aliphatic heterocycles. The molecule has 0 atom stereocenters. The van der Waals surface area contributed by atoms with Gasteiger partial charge in [0.1, 0.15) is 11.6 Å². The maximum atomic E-state index is 5.47. The third-order valence-electron chi connectivity index (χ3n) is 3.99. The fourth-order valence-electron chi connectivity index (χ4n) is 2.67. The normalized spacial score (nSPS) is 10.5. The Bertz CT molecular complexity index is 892. The monoisotopic (exact) mass is 354 g/mol. The Morgan fingerprint density at radius 2 is 1.69 bits per heavy atom. The van der Waals surface area contributed by atoms with Crippen LogP contribution in [-0.4, -0.2) is 36.5 Å². The van der Waals surface area contributed by atoms with Crippen molar-refractivity contribution in [1.29, 1.82) is 0 Å². The second-order valence-corrected chi connectivity index (χ2v) is 5.70. The topological polar surface area (TPSA) is 81.3 Å². The SMILES string of the molecule is COc1cc(OC)c(OC)cc1CNc1cccc(-c2n[nH]c(C)n2)c1. The van der Waals surface area contributed by atoms with Crippen LogP contribution in [0.3, 0.4) is 0 Å². The zero-order valence-corrected chi connectivity index (χ0v) is 15.3. The molecular weight excluding hydrogens is 332 g/mol. The van der Waals surface area contributed by atoms with Crippen LogP contribution in [0.5, 0.6) is 17.2 Å². The van der Waals surface area contributed by atoms with Crippen LogP contribution in [0.2, 0.25) is 0 Å². The van der Waals surface area contributed by atoms with Crippen molar-refractivity contribution in [2.45, 2.75) is 13.5 Å². The highest BCUT2D eigenvalue weighted by atomic mass is 16.5. The van der Waals surface area contributed by atoms with Crippen LogP contribution in [0.1, 0.15) is 11.4 Å². The molecule has 0 amide bonds. The first-order chi connectivity index (χ1) is 12.6. The molecule has 0 saturated carbocycles. The Hall–Kier alpha value is -3.22. The van der Waals surface area contributed by atoms with Gasteiger partial charge in [0.05, 0.1) is 21.3 Å². The van der Waals surface area contributed by atoms with E-state index in [0.29, 0.717) is 23.9 Å². The van der Waals surface area contributed by atoms with Gasteiger partial charge in [-0.25, -0.2) is 4.98 Å². The number of benzene rings is 2. The quantitative estimate of drug-likeness (QED) is 0.677. The molecule has 0 unspecified atom stereocenters. The summed E-state index contributed by atoms with van der Waals surface area (Å²) in [6.07, 6.45) is 0. The van der Waals surface area contributed by atoms with Crippen LogP contribution in [0.15, 0.2) is 36.4 Å². The Labute approximate surface area is 152 Å². The lowest BCUT2D eigenvalue weighted by Crippen LogP contribution is -2.03.